The van der Waals surface area contributed by atoms with Gasteiger partial charge in [-0.15, -0.1) is 0 Å². The molecule has 1 N–H and O–H groups in total. The van der Waals surface area contributed by atoms with E-state index in [1.54, 1.807) is 12.0 Å². The molecule has 3 saturated heterocycles. The van der Waals surface area contributed by atoms with Crippen LogP contribution in [0, 0.1) is 11.3 Å². The number of ether oxygens (including phenoxy) is 3. The molecule has 4 heterocycles. The Bertz CT molecular complexity index is 939. The van der Waals surface area contributed by atoms with Gasteiger partial charge in [0, 0.05) is 64.8 Å². The van der Waals surface area contributed by atoms with E-state index in [9.17, 15) is 18.0 Å². The third-order valence-corrected chi connectivity index (χ3v) is 8.53. The van der Waals surface area contributed by atoms with Crippen molar-refractivity contribution in [2.75, 3.05) is 64.6 Å². The fourth-order valence-electron chi connectivity index (χ4n) is 6.45. The Morgan fingerprint density at radius 1 is 1.14 bits per heavy atom. The lowest BCUT2D eigenvalue weighted by Crippen LogP contribution is -2.55. The maximum Gasteiger partial charge on any atom is 0.433 e. The molecule has 1 aliphatic carbocycles. The Morgan fingerprint density at radius 2 is 1.89 bits per heavy atom. The van der Waals surface area contributed by atoms with Gasteiger partial charge in [-0.05, 0) is 44.1 Å². The van der Waals surface area contributed by atoms with E-state index in [1.165, 1.54) is 0 Å². The van der Waals surface area contributed by atoms with E-state index in [0.29, 0.717) is 52.6 Å². The van der Waals surface area contributed by atoms with Crippen LogP contribution in [0.4, 0.5) is 19.1 Å². The molecule has 206 valence electrons. The van der Waals surface area contributed by atoms with Gasteiger partial charge in [0.05, 0.1) is 24.7 Å². The van der Waals surface area contributed by atoms with Crippen LogP contribution >= 0.6 is 0 Å². The standard InChI is InChI=1S/C25H36F3N5O4/c1-35-20-16-37-13-5-19(20)30-18-2-6-24(14-18,17-4-12-36-15-17)22(34)32-8-10-33(11-9-32)23-29-7-3-21(31-23)25(26,27)28/h3,7,17-20,30H,2,4-6,8-16H2,1H3/t17?,18-,19?,20?,24+/m1/s1. The van der Waals surface area contributed by atoms with Gasteiger partial charge in [0.2, 0.25) is 11.9 Å². The fraction of sp³-hybridized carbons (Fsp3) is 0.800. The second-order valence-electron chi connectivity index (χ2n) is 10.6. The van der Waals surface area contributed by atoms with Crippen LogP contribution in [-0.2, 0) is 25.2 Å². The number of hydrogen-bond donors (Lipinski definition) is 1. The first kappa shape index (κ1) is 26.6. The molecular formula is C25H36F3N5O4. The molecule has 1 aromatic rings. The topological polar surface area (TPSA) is 89.1 Å². The third-order valence-electron chi connectivity index (χ3n) is 8.53. The lowest BCUT2D eigenvalue weighted by Gasteiger charge is -2.42. The van der Waals surface area contributed by atoms with Gasteiger partial charge in [0.25, 0.3) is 0 Å². The number of nitrogens with one attached hydrogen (secondary N) is 1. The monoisotopic (exact) mass is 527 g/mol. The van der Waals surface area contributed by atoms with Crippen LogP contribution in [0.3, 0.4) is 0 Å². The highest BCUT2D eigenvalue weighted by Gasteiger charge is 2.53. The van der Waals surface area contributed by atoms with Crippen LogP contribution in [0.1, 0.15) is 37.8 Å². The first-order valence-electron chi connectivity index (χ1n) is 13.2. The number of hydrogen-bond acceptors (Lipinski definition) is 8. The molecule has 5 rings (SSSR count). The van der Waals surface area contributed by atoms with E-state index in [2.05, 4.69) is 15.3 Å². The summed E-state index contributed by atoms with van der Waals surface area (Å²) in [5.74, 6) is 0.367. The minimum Gasteiger partial charge on any atom is -0.381 e. The van der Waals surface area contributed by atoms with Crippen LogP contribution in [0.2, 0.25) is 0 Å². The number of carbonyl (C=O) groups excluding carboxylic acids is 1. The van der Waals surface area contributed by atoms with E-state index in [0.717, 1.165) is 44.4 Å². The van der Waals surface area contributed by atoms with E-state index in [1.807, 2.05) is 4.90 Å². The Morgan fingerprint density at radius 3 is 2.59 bits per heavy atom. The minimum absolute atomic E-state index is 0.000380. The molecule has 0 aromatic carbocycles. The molecule has 0 radical (unpaired) electrons. The van der Waals surface area contributed by atoms with Gasteiger partial charge >= 0.3 is 6.18 Å². The molecule has 1 saturated carbocycles. The van der Waals surface area contributed by atoms with Crippen molar-refractivity contribution in [3.8, 4) is 0 Å². The number of rotatable bonds is 6. The van der Waals surface area contributed by atoms with E-state index in [4.69, 9.17) is 14.2 Å². The molecule has 5 atom stereocenters. The van der Waals surface area contributed by atoms with Gasteiger partial charge in [0.1, 0.15) is 5.69 Å². The SMILES string of the molecule is COC1COCCC1N[C@@H]1CC[C@@](C(=O)N2CCN(c3nccc(C(F)(F)F)n3)CC2)(C2CCOC2)C1. The lowest BCUT2D eigenvalue weighted by atomic mass is 9.72. The van der Waals surface area contributed by atoms with Crippen molar-refractivity contribution in [3.63, 3.8) is 0 Å². The molecule has 12 heteroatoms. The molecule has 4 aliphatic rings. The second kappa shape index (κ2) is 11.0. The molecule has 37 heavy (non-hydrogen) atoms. The largest absolute Gasteiger partial charge is 0.433 e. The zero-order valence-corrected chi connectivity index (χ0v) is 21.2. The van der Waals surface area contributed by atoms with E-state index < -0.39 is 17.3 Å². The van der Waals surface area contributed by atoms with Crippen molar-refractivity contribution in [2.24, 2.45) is 11.3 Å². The zero-order valence-electron chi connectivity index (χ0n) is 21.2. The highest BCUT2D eigenvalue weighted by molar-refractivity contribution is 5.84. The fourth-order valence-corrected chi connectivity index (χ4v) is 6.45. The van der Waals surface area contributed by atoms with Crippen molar-refractivity contribution >= 4 is 11.9 Å². The van der Waals surface area contributed by atoms with Crippen LogP contribution in [-0.4, -0.2) is 98.7 Å². The van der Waals surface area contributed by atoms with Gasteiger partial charge in [0.15, 0.2) is 0 Å². The summed E-state index contributed by atoms with van der Waals surface area (Å²) in [7, 11) is 1.70. The summed E-state index contributed by atoms with van der Waals surface area (Å²) in [4.78, 5) is 25.5. The van der Waals surface area contributed by atoms with Gasteiger partial charge in [-0.25, -0.2) is 9.97 Å². The normalized spacial score (nSPS) is 33.2. The van der Waals surface area contributed by atoms with Crippen LogP contribution < -0.4 is 10.2 Å². The molecule has 9 nitrogen and oxygen atoms in total. The van der Waals surface area contributed by atoms with Crippen molar-refractivity contribution in [3.05, 3.63) is 18.0 Å². The Hall–Kier alpha value is -2.02. The summed E-state index contributed by atoms with van der Waals surface area (Å²) in [5.41, 5.74) is -1.45. The van der Waals surface area contributed by atoms with Crippen molar-refractivity contribution in [2.45, 2.75) is 56.5 Å². The maximum atomic E-state index is 14.1. The average Bonchev–Trinajstić information content (AvgIpc) is 3.60. The molecule has 3 aliphatic heterocycles. The smallest absolute Gasteiger partial charge is 0.381 e. The number of carbonyl (C=O) groups is 1. The highest BCUT2D eigenvalue weighted by Crippen LogP contribution is 2.49. The number of aromatic nitrogens is 2. The zero-order chi connectivity index (χ0) is 26.0. The Kier molecular flexibility index (Phi) is 7.90. The summed E-state index contributed by atoms with van der Waals surface area (Å²) < 4.78 is 56.2. The van der Waals surface area contributed by atoms with E-state index in [-0.39, 0.29) is 36.0 Å². The molecule has 0 spiro atoms. The number of nitrogens with zero attached hydrogens (tertiary/aromatic N) is 4. The van der Waals surface area contributed by atoms with Crippen molar-refractivity contribution < 1.29 is 32.2 Å². The van der Waals surface area contributed by atoms with Gasteiger partial charge in [-0.1, -0.05) is 0 Å². The van der Waals surface area contributed by atoms with Gasteiger partial charge in [-0.2, -0.15) is 13.2 Å². The van der Waals surface area contributed by atoms with E-state index >= 15 is 0 Å². The average molecular weight is 528 g/mol. The summed E-state index contributed by atoms with van der Waals surface area (Å²) in [6.45, 7) is 4.17. The first-order valence-corrected chi connectivity index (χ1v) is 13.2. The Balaban J connectivity index is 1.25. The molecule has 0 bridgehead atoms. The summed E-state index contributed by atoms with van der Waals surface area (Å²) >= 11 is 0. The number of methoxy groups -OCH3 is 1. The maximum absolute atomic E-state index is 14.1. The first-order chi connectivity index (χ1) is 17.8. The predicted molar refractivity (Wildman–Crippen MR) is 128 cm³/mol. The van der Waals surface area contributed by atoms with Gasteiger partial charge < -0.3 is 29.3 Å². The predicted octanol–water partition coefficient (Wildman–Crippen LogP) is 2.11. The second-order valence-corrected chi connectivity index (χ2v) is 10.6. The Labute approximate surface area is 215 Å². The van der Waals surface area contributed by atoms with Gasteiger partial charge in [-0.3, -0.25) is 4.79 Å². The van der Waals surface area contributed by atoms with Crippen molar-refractivity contribution in [1.82, 2.24) is 20.2 Å². The molecular weight excluding hydrogens is 491 g/mol. The third kappa shape index (κ3) is 5.57. The number of anilines is 1. The molecule has 1 amide bonds. The number of alkyl halides is 3. The minimum atomic E-state index is -4.52. The molecule has 1 aromatic heterocycles. The summed E-state index contributed by atoms with van der Waals surface area (Å²) in [5, 5.41) is 3.77. The summed E-state index contributed by atoms with van der Waals surface area (Å²) in [6, 6.07) is 1.28. The quantitative estimate of drug-likeness (QED) is 0.602. The lowest BCUT2D eigenvalue weighted by molar-refractivity contribution is -0.146. The van der Waals surface area contributed by atoms with Crippen LogP contribution in [0.15, 0.2) is 12.3 Å². The summed E-state index contributed by atoms with van der Waals surface area (Å²) in [6.07, 6.45) is 0.827. The van der Waals surface area contributed by atoms with Crippen LogP contribution in [0.5, 0.6) is 0 Å². The van der Waals surface area contributed by atoms with Crippen LogP contribution in [0.25, 0.3) is 0 Å². The molecule has 3 unspecified atom stereocenters. The number of piperazine rings is 1. The number of halogens is 3. The highest BCUT2D eigenvalue weighted by atomic mass is 19.4. The van der Waals surface area contributed by atoms with Crippen molar-refractivity contribution in [1.29, 1.82) is 0 Å². The number of amides is 1. The molecule has 4 fully saturated rings.